The first-order chi connectivity index (χ1) is 15.2. The highest BCUT2D eigenvalue weighted by molar-refractivity contribution is 7.92. The fourth-order valence-electron chi connectivity index (χ4n) is 3.30. The summed E-state index contributed by atoms with van der Waals surface area (Å²) in [6, 6.07) is 19.1. The van der Waals surface area contributed by atoms with Gasteiger partial charge in [0.25, 0.3) is 10.0 Å². The van der Waals surface area contributed by atoms with Crippen molar-refractivity contribution in [1.29, 1.82) is 0 Å². The molecular weight excluding hydrogens is 427 g/mol. The first-order valence-corrected chi connectivity index (χ1v) is 11.9. The first-order valence-electron chi connectivity index (χ1n) is 10.4. The van der Waals surface area contributed by atoms with E-state index in [2.05, 4.69) is 12.2 Å². The number of nitrogens with zero attached hydrogens (tertiary/aromatic N) is 1. The summed E-state index contributed by atoms with van der Waals surface area (Å²) < 4.78 is 41.0. The lowest BCUT2D eigenvalue weighted by atomic mass is 10.1. The van der Waals surface area contributed by atoms with Gasteiger partial charge in [-0.05, 0) is 67.8 Å². The van der Waals surface area contributed by atoms with Crippen molar-refractivity contribution in [3.05, 3.63) is 95.3 Å². The number of anilines is 1. The summed E-state index contributed by atoms with van der Waals surface area (Å²) in [6.07, 6.45) is 0.924. The van der Waals surface area contributed by atoms with Gasteiger partial charge in [-0.15, -0.1) is 0 Å². The van der Waals surface area contributed by atoms with Gasteiger partial charge in [0.1, 0.15) is 12.4 Å². The molecular formula is C25H27FN2O3S. The Kier molecular flexibility index (Phi) is 7.30. The van der Waals surface area contributed by atoms with Gasteiger partial charge in [0, 0.05) is 0 Å². The Morgan fingerprint density at radius 2 is 1.56 bits per heavy atom. The van der Waals surface area contributed by atoms with E-state index in [0.29, 0.717) is 5.69 Å². The number of hydrogen-bond donors (Lipinski definition) is 1. The van der Waals surface area contributed by atoms with E-state index >= 15 is 0 Å². The summed E-state index contributed by atoms with van der Waals surface area (Å²) in [6.45, 7) is 5.41. The van der Waals surface area contributed by atoms with Crippen LogP contribution in [0.4, 0.5) is 10.1 Å². The number of aryl methyl sites for hydroxylation is 2. The maximum absolute atomic E-state index is 13.3. The summed E-state index contributed by atoms with van der Waals surface area (Å²) in [5.74, 6) is -0.977. The van der Waals surface area contributed by atoms with Crippen molar-refractivity contribution in [1.82, 2.24) is 5.32 Å². The van der Waals surface area contributed by atoms with E-state index in [1.807, 2.05) is 38.1 Å². The lowest BCUT2D eigenvalue weighted by Crippen LogP contribution is -2.41. The molecule has 168 valence electrons. The summed E-state index contributed by atoms with van der Waals surface area (Å²) in [5.41, 5.74) is 3.44. The van der Waals surface area contributed by atoms with Gasteiger partial charge >= 0.3 is 0 Å². The third-order valence-corrected chi connectivity index (χ3v) is 7.06. The average Bonchev–Trinajstić information content (AvgIpc) is 2.78. The van der Waals surface area contributed by atoms with Gasteiger partial charge in [-0.1, -0.05) is 48.9 Å². The van der Waals surface area contributed by atoms with Gasteiger partial charge in [0.15, 0.2) is 0 Å². The molecule has 0 saturated heterocycles. The number of rotatable bonds is 8. The minimum Gasteiger partial charge on any atom is -0.348 e. The number of sulfonamides is 1. The zero-order valence-corrected chi connectivity index (χ0v) is 19.2. The molecule has 3 aromatic carbocycles. The van der Waals surface area contributed by atoms with Crippen molar-refractivity contribution in [3.8, 4) is 0 Å². The largest absolute Gasteiger partial charge is 0.348 e. The third-order valence-electron chi connectivity index (χ3n) is 5.28. The number of nitrogens with one attached hydrogen (secondary N) is 1. The van der Waals surface area contributed by atoms with Crippen LogP contribution in [0.2, 0.25) is 0 Å². The Balaban J connectivity index is 1.85. The van der Waals surface area contributed by atoms with Gasteiger partial charge in [-0.3, -0.25) is 9.10 Å². The second-order valence-corrected chi connectivity index (χ2v) is 9.55. The SMILES string of the molecule is CCc1ccc([C@H](C)NC(=O)CN(c2ccc(C)cc2)S(=O)(=O)c2ccc(F)cc2)cc1. The van der Waals surface area contributed by atoms with Crippen molar-refractivity contribution >= 4 is 21.6 Å². The molecule has 0 heterocycles. The van der Waals surface area contributed by atoms with Crippen molar-refractivity contribution in [2.24, 2.45) is 0 Å². The Morgan fingerprint density at radius 3 is 2.12 bits per heavy atom. The maximum Gasteiger partial charge on any atom is 0.264 e. The molecule has 0 radical (unpaired) electrons. The third kappa shape index (κ3) is 5.53. The summed E-state index contributed by atoms with van der Waals surface area (Å²) in [7, 11) is -4.08. The molecule has 0 fully saturated rings. The smallest absolute Gasteiger partial charge is 0.264 e. The molecule has 5 nitrogen and oxygen atoms in total. The van der Waals surface area contributed by atoms with Crippen molar-refractivity contribution in [3.63, 3.8) is 0 Å². The average molecular weight is 455 g/mol. The topological polar surface area (TPSA) is 66.5 Å². The van der Waals surface area contributed by atoms with Gasteiger partial charge < -0.3 is 5.32 Å². The highest BCUT2D eigenvalue weighted by Crippen LogP contribution is 2.24. The van der Waals surface area contributed by atoms with E-state index in [9.17, 15) is 17.6 Å². The fraction of sp³-hybridized carbons (Fsp3) is 0.240. The quantitative estimate of drug-likeness (QED) is 0.533. The molecule has 0 aliphatic carbocycles. The molecule has 0 unspecified atom stereocenters. The maximum atomic E-state index is 13.3. The summed E-state index contributed by atoms with van der Waals surface area (Å²) in [4.78, 5) is 12.8. The molecule has 7 heteroatoms. The number of carbonyl (C=O) groups is 1. The van der Waals surface area contributed by atoms with Crippen molar-refractivity contribution < 1.29 is 17.6 Å². The standard InChI is InChI=1S/C25H27FN2O3S/c1-4-20-7-9-21(10-8-20)19(3)27-25(29)17-28(23-13-5-18(2)6-14-23)32(30,31)24-15-11-22(26)12-16-24/h5-16,19H,4,17H2,1-3H3,(H,27,29)/t19-/m0/s1. The number of benzene rings is 3. The molecule has 1 N–H and O–H groups in total. The molecule has 0 aliphatic heterocycles. The van der Waals surface area contributed by atoms with Gasteiger partial charge in [-0.2, -0.15) is 0 Å². The van der Waals surface area contributed by atoms with Crippen LogP contribution in [0.15, 0.2) is 77.7 Å². The van der Waals surface area contributed by atoms with Crippen LogP contribution in [0.1, 0.15) is 36.6 Å². The summed E-state index contributed by atoms with van der Waals surface area (Å²) >= 11 is 0. The molecule has 3 rings (SSSR count). The van der Waals surface area contributed by atoms with E-state index < -0.39 is 28.3 Å². The first kappa shape index (κ1) is 23.5. The van der Waals surface area contributed by atoms with Crippen LogP contribution >= 0.6 is 0 Å². The Bertz CT molecular complexity index is 1160. The minimum atomic E-state index is -4.08. The minimum absolute atomic E-state index is 0.0875. The van der Waals surface area contributed by atoms with Crippen LogP contribution in [-0.4, -0.2) is 20.9 Å². The molecule has 0 aliphatic rings. The molecule has 1 atom stereocenters. The van der Waals surface area contributed by atoms with Crippen LogP contribution in [0.5, 0.6) is 0 Å². The monoisotopic (exact) mass is 454 g/mol. The lowest BCUT2D eigenvalue weighted by Gasteiger charge is -2.25. The zero-order chi connectivity index (χ0) is 23.3. The molecule has 1 amide bonds. The van der Waals surface area contributed by atoms with E-state index in [-0.39, 0.29) is 10.9 Å². The van der Waals surface area contributed by atoms with Crippen LogP contribution < -0.4 is 9.62 Å². The van der Waals surface area contributed by atoms with E-state index in [1.54, 1.807) is 24.3 Å². The molecule has 0 bridgehead atoms. The number of carbonyl (C=O) groups excluding carboxylic acids is 1. The van der Waals surface area contributed by atoms with E-state index in [1.165, 1.54) is 17.7 Å². The zero-order valence-electron chi connectivity index (χ0n) is 18.4. The van der Waals surface area contributed by atoms with Crippen molar-refractivity contribution in [2.45, 2.75) is 38.1 Å². The van der Waals surface area contributed by atoms with Gasteiger partial charge in [0.2, 0.25) is 5.91 Å². The Morgan fingerprint density at radius 1 is 0.969 bits per heavy atom. The predicted octanol–water partition coefficient (Wildman–Crippen LogP) is 4.77. The molecule has 32 heavy (non-hydrogen) atoms. The highest BCUT2D eigenvalue weighted by Gasteiger charge is 2.27. The van der Waals surface area contributed by atoms with Gasteiger partial charge in [-0.25, -0.2) is 12.8 Å². The lowest BCUT2D eigenvalue weighted by molar-refractivity contribution is -0.120. The second-order valence-electron chi connectivity index (χ2n) is 7.69. The molecule has 0 aromatic heterocycles. The van der Waals surface area contributed by atoms with Crippen LogP contribution in [0.25, 0.3) is 0 Å². The number of halogens is 1. The van der Waals surface area contributed by atoms with E-state index in [4.69, 9.17) is 0 Å². The van der Waals surface area contributed by atoms with E-state index in [0.717, 1.165) is 34.0 Å². The van der Waals surface area contributed by atoms with Gasteiger partial charge in [0.05, 0.1) is 16.6 Å². The number of hydrogen-bond acceptors (Lipinski definition) is 3. The molecule has 3 aromatic rings. The second kappa shape index (κ2) is 9.96. The highest BCUT2D eigenvalue weighted by atomic mass is 32.2. The van der Waals surface area contributed by atoms with Crippen LogP contribution in [-0.2, 0) is 21.2 Å². The molecule has 0 saturated carbocycles. The number of amides is 1. The fourth-order valence-corrected chi connectivity index (χ4v) is 4.72. The molecule has 0 spiro atoms. The normalized spacial score (nSPS) is 12.2. The Labute approximate surface area is 188 Å². The van der Waals surface area contributed by atoms with Crippen LogP contribution in [0.3, 0.4) is 0 Å². The van der Waals surface area contributed by atoms with Crippen LogP contribution in [0, 0.1) is 12.7 Å². The van der Waals surface area contributed by atoms with Crippen molar-refractivity contribution in [2.75, 3.05) is 10.8 Å². The predicted molar refractivity (Wildman–Crippen MR) is 124 cm³/mol. The Hall–Kier alpha value is -3.19. The summed E-state index contributed by atoms with van der Waals surface area (Å²) in [5, 5.41) is 2.87.